The molecule has 0 unspecified atom stereocenters. The molecule has 0 aliphatic carbocycles. The molecular weight excluding hydrogens is 242 g/mol. The molecule has 2 aliphatic heterocycles. The molecule has 0 aromatic heterocycles. The van der Waals surface area contributed by atoms with E-state index in [0.29, 0.717) is 26.1 Å². The summed E-state index contributed by atoms with van der Waals surface area (Å²) in [5.41, 5.74) is 2.23. The Morgan fingerprint density at radius 2 is 2.11 bits per heavy atom. The molecule has 3 rings (SSSR count). The van der Waals surface area contributed by atoms with Crippen LogP contribution in [-0.4, -0.2) is 42.4 Å². The summed E-state index contributed by atoms with van der Waals surface area (Å²) in [6.07, 6.45) is 1.12. The van der Waals surface area contributed by atoms with Gasteiger partial charge in [-0.05, 0) is 11.6 Å². The van der Waals surface area contributed by atoms with Crippen LogP contribution in [0.5, 0.6) is 0 Å². The maximum atomic E-state index is 12.5. The van der Waals surface area contributed by atoms with Crippen molar-refractivity contribution < 1.29 is 9.59 Å². The molecule has 1 aromatic carbocycles. The molecule has 2 heterocycles. The summed E-state index contributed by atoms with van der Waals surface area (Å²) in [5.74, 6) is 0.116. The highest BCUT2D eigenvalue weighted by Crippen LogP contribution is 2.26. The lowest BCUT2D eigenvalue weighted by molar-refractivity contribution is -0.131. The van der Waals surface area contributed by atoms with Gasteiger partial charge >= 0.3 is 0 Å². The molecule has 1 aromatic rings. The lowest BCUT2D eigenvalue weighted by Gasteiger charge is -2.23. The minimum atomic E-state index is -0.189. The Kier molecular flexibility index (Phi) is 3.11. The van der Waals surface area contributed by atoms with Gasteiger partial charge in [0.15, 0.2) is 0 Å². The van der Waals surface area contributed by atoms with Crippen LogP contribution in [0.4, 0.5) is 5.69 Å². The number of hydrogen-bond acceptors (Lipinski definition) is 3. The van der Waals surface area contributed by atoms with Gasteiger partial charge in [0.2, 0.25) is 11.8 Å². The van der Waals surface area contributed by atoms with Crippen LogP contribution in [0.15, 0.2) is 24.3 Å². The fourth-order valence-corrected chi connectivity index (χ4v) is 2.65. The van der Waals surface area contributed by atoms with Crippen LogP contribution in [0.3, 0.4) is 0 Å². The van der Waals surface area contributed by atoms with E-state index in [1.54, 1.807) is 4.90 Å². The topological polar surface area (TPSA) is 61.4 Å². The molecule has 2 N–H and O–H groups in total. The fraction of sp³-hybridized carbons (Fsp3) is 0.429. The molecule has 0 spiro atoms. The van der Waals surface area contributed by atoms with E-state index in [1.165, 1.54) is 5.56 Å². The van der Waals surface area contributed by atoms with E-state index < -0.39 is 0 Å². The number of nitrogens with zero attached hydrogens (tertiary/aromatic N) is 1. The number of carbonyl (C=O) groups excluding carboxylic acids is 2. The molecule has 2 aliphatic rings. The maximum absolute atomic E-state index is 12.5. The number of anilines is 1. The molecule has 5 nitrogen and oxygen atoms in total. The van der Waals surface area contributed by atoms with Gasteiger partial charge in [0.25, 0.3) is 0 Å². The summed E-state index contributed by atoms with van der Waals surface area (Å²) in [6, 6.07) is 7.81. The average Bonchev–Trinajstić information content (AvgIpc) is 2.74. The lowest BCUT2D eigenvalue weighted by Crippen LogP contribution is -2.43. The van der Waals surface area contributed by atoms with Crippen molar-refractivity contribution in [1.82, 2.24) is 10.2 Å². The van der Waals surface area contributed by atoms with Gasteiger partial charge in [0, 0.05) is 38.2 Å². The highest BCUT2D eigenvalue weighted by Gasteiger charge is 2.30. The van der Waals surface area contributed by atoms with E-state index in [0.717, 1.165) is 12.1 Å². The summed E-state index contributed by atoms with van der Waals surface area (Å²) in [4.78, 5) is 25.5. The van der Waals surface area contributed by atoms with Gasteiger partial charge in [-0.1, -0.05) is 18.2 Å². The minimum absolute atomic E-state index is 0.0259. The predicted octanol–water partition coefficient (Wildman–Crippen LogP) is 0.372. The number of rotatable bonds is 1. The Bertz CT molecular complexity index is 490. The van der Waals surface area contributed by atoms with E-state index in [9.17, 15) is 9.59 Å². The Morgan fingerprint density at radius 3 is 2.95 bits per heavy atom. The molecule has 5 heteroatoms. The standard InChI is InChI=1S/C14H17N3O2/c18-13-5-7-17(8-6-15-13)14(19)12-9-10-3-1-2-4-11(10)16-12/h1-4,12,16H,5-9H2,(H,15,18)/t12-/m0/s1. The third-order valence-corrected chi connectivity index (χ3v) is 3.69. The van der Waals surface area contributed by atoms with Crippen LogP contribution < -0.4 is 10.6 Å². The first kappa shape index (κ1) is 12.0. The average molecular weight is 259 g/mol. The first-order valence-corrected chi connectivity index (χ1v) is 6.64. The van der Waals surface area contributed by atoms with Gasteiger partial charge in [0.1, 0.15) is 6.04 Å². The van der Waals surface area contributed by atoms with Crippen LogP contribution >= 0.6 is 0 Å². The zero-order valence-corrected chi connectivity index (χ0v) is 10.7. The summed E-state index contributed by atoms with van der Waals surface area (Å²) >= 11 is 0. The zero-order valence-electron chi connectivity index (χ0n) is 10.7. The quantitative estimate of drug-likeness (QED) is 0.766. The Labute approximate surface area is 112 Å². The van der Waals surface area contributed by atoms with E-state index in [4.69, 9.17) is 0 Å². The van der Waals surface area contributed by atoms with E-state index >= 15 is 0 Å². The van der Waals surface area contributed by atoms with Gasteiger partial charge in [-0.2, -0.15) is 0 Å². The highest BCUT2D eigenvalue weighted by atomic mass is 16.2. The predicted molar refractivity (Wildman–Crippen MR) is 71.8 cm³/mol. The van der Waals surface area contributed by atoms with Gasteiger partial charge < -0.3 is 15.5 Å². The molecule has 2 amide bonds. The van der Waals surface area contributed by atoms with Crippen molar-refractivity contribution in [2.75, 3.05) is 25.0 Å². The second kappa shape index (κ2) is 4.91. The van der Waals surface area contributed by atoms with Gasteiger partial charge in [-0.3, -0.25) is 9.59 Å². The van der Waals surface area contributed by atoms with Crippen LogP contribution in [0.1, 0.15) is 12.0 Å². The summed E-state index contributed by atoms with van der Waals surface area (Å²) in [7, 11) is 0. The van der Waals surface area contributed by atoms with Crippen molar-refractivity contribution in [3.8, 4) is 0 Å². The highest BCUT2D eigenvalue weighted by molar-refractivity contribution is 5.88. The zero-order chi connectivity index (χ0) is 13.2. The van der Waals surface area contributed by atoms with Gasteiger partial charge in [-0.15, -0.1) is 0 Å². The second-order valence-electron chi connectivity index (χ2n) is 4.98. The Morgan fingerprint density at radius 1 is 1.26 bits per heavy atom. The first-order valence-electron chi connectivity index (χ1n) is 6.64. The van der Waals surface area contributed by atoms with Gasteiger partial charge in [-0.25, -0.2) is 0 Å². The first-order chi connectivity index (χ1) is 9.24. The Balaban J connectivity index is 1.67. The minimum Gasteiger partial charge on any atom is -0.373 e. The van der Waals surface area contributed by atoms with E-state index in [-0.39, 0.29) is 17.9 Å². The monoisotopic (exact) mass is 259 g/mol. The van der Waals surface area contributed by atoms with Crippen LogP contribution in [-0.2, 0) is 16.0 Å². The molecule has 0 bridgehead atoms. The summed E-state index contributed by atoms with van der Waals surface area (Å²) < 4.78 is 0. The molecule has 0 saturated carbocycles. The molecule has 1 saturated heterocycles. The summed E-state index contributed by atoms with van der Waals surface area (Å²) in [5, 5.41) is 6.05. The van der Waals surface area contributed by atoms with E-state index in [2.05, 4.69) is 10.6 Å². The van der Waals surface area contributed by atoms with Gasteiger partial charge in [0.05, 0.1) is 0 Å². The third kappa shape index (κ3) is 2.41. The van der Waals surface area contributed by atoms with E-state index in [1.807, 2.05) is 24.3 Å². The number of fused-ring (bicyclic) bond motifs is 1. The number of amides is 2. The molecule has 1 fully saturated rings. The van der Waals surface area contributed by atoms with Crippen LogP contribution in [0, 0.1) is 0 Å². The maximum Gasteiger partial charge on any atom is 0.245 e. The Hall–Kier alpha value is -2.04. The number of nitrogens with one attached hydrogen (secondary N) is 2. The van der Waals surface area contributed by atoms with Crippen LogP contribution in [0.2, 0.25) is 0 Å². The SMILES string of the molecule is O=C1CCN(C(=O)[C@@H]2Cc3ccccc3N2)CCN1. The normalized spacial score (nSPS) is 22.2. The number of hydrogen-bond donors (Lipinski definition) is 2. The number of para-hydroxylation sites is 1. The largest absolute Gasteiger partial charge is 0.373 e. The molecule has 19 heavy (non-hydrogen) atoms. The molecule has 0 radical (unpaired) electrons. The van der Waals surface area contributed by atoms with Crippen molar-refractivity contribution in [2.45, 2.75) is 18.9 Å². The van der Waals surface area contributed by atoms with Crippen molar-refractivity contribution in [1.29, 1.82) is 0 Å². The fourth-order valence-electron chi connectivity index (χ4n) is 2.65. The second-order valence-corrected chi connectivity index (χ2v) is 4.98. The van der Waals surface area contributed by atoms with Crippen molar-refractivity contribution >= 4 is 17.5 Å². The number of benzene rings is 1. The number of carbonyl (C=O) groups is 2. The summed E-state index contributed by atoms with van der Waals surface area (Å²) in [6.45, 7) is 1.66. The van der Waals surface area contributed by atoms with Crippen molar-refractivity contribution in [2.24, 2.45) is 0 Å². The van der Waals surface area contributed by atoms with Crippen molar-refractivity contribution in [3.63, 3.8) is 0 Å². The third-order valence-electron chi connectivity index (χ3n) is 3.69. The smallest absolute Gasteiger partial charge is 0.245 e. The molecule has 1 atom stereocenters. The molecular formula is C14H17N3O2. The van der Waals surface area contributed by atoms with Crippen molar-refractivity contribution in [3.05, 3.63) is 29.8 Å². The lowest BCUT2D eigenvalue weighted by atomic mass is 10.1. The molecule has 100 valence electrons. The van der Waals surface area contributed by atoms with Crippen LogP contribution in [0.25, 0.3) is 0 Å².